The van der Waals surface area contributed by atoms with Gasteiger partial charge in [-0.25, -0.2) is 4.98 Å². The number of ketones is 1. The standard InChI is InChI=1S/C38H37NO10S/c1-23-33(50-22-39-23)15-12-26(40)11-8-24-9-13-27(14-10-24)47-16-7-17-48-38-35(41)34-29(43-3)20-28(42-2)21-30(34)49-36(38)25-18-31(44-4)37(46-6)32(19-25)45-5/h8-15,18-22H,7,16-17H2,1-6H3/b11-8+,15-12+. The number of hydrogen-bond donors (Lipinski definition) is 0. The Kier molecular flexibility index (Phi) is 11.8. The van der Waals surface area contributed by atoms with E-state index in [2.05, 4.69) is 4.98 Å². The number of aryl methyl sites for hydroxylation is 1. The molecule has 50 heavy (non-hydrogen) atoms. The Morgan fingerprint density at radius 3 is 2.08 bits per heavy atom. The van der Waals surface area contributed by atoms with E-state index in [0.29, 0.717) is 47.3 Å². The van der Waals surface area contributed by atoms with Crippen molar-refractivity contribution in [1.29, 1.82) is 0 Å². The molecule has 0 saturated heterocycles. The smallest absolute Gasteiger partial charge is 0.239 e. The normalized spacial score (nSPS) is 11.2. The largest absolute Gasteiger partial charge is 0.496 e. The number of allylic oxidation sites excluding steroid dienone is 2. The third kappa shape index (κ3) is 8.09. The summed E-state index contributed by atoms with van der Waals surface area (Å²) in [6.07, 6.45) is 7.01. The van der Waals surface area contributed by atoms with Crippen LogP contribution in [-0.2, 0) is 4.79 Å². The van der Waals surface area contributed by atoms with Gasteiger partial charge in [0.2, 0.25) is 16.9 Å². The van der Waals surface area contributed by atoms with E-state index in [1.54, 1.807) is 41.9 Å². The molecule has 260 valence electrons. The van der Waals surface area contributed by atoms with Gasteiger partial charge >= 0.3 is 0 Å². The predicted octanol–water partition coefficient (Wildman–Crippen LogP) is 7.41. The maximum Gasteiger partial charge on any atom is 0.239 e. The first-order chi connectivity index (χ1) is 24.3. The number of carbonyl (C=O) groups excluding carboxylic acids is 1. The molecule has 0 saturated carbocycles. The van der Waals surface area contributed by atoms with Crippen molar-refractivity contribution in [2.24, 2.45) is 0 Å². The molecule has 0 aliphatic carbocycles. The molecule has 2 aromatic heterocycles. The number of fused-ring (bicyclic) bond motifs is 1. The monoisotopic (exact) mass is 699 g/mol. The molecule has 12 heteroatoms. The summed E-state index contributed by atoms with van der Waals surface area (Å²) in [5, 5.41) is 0.206. The molecule has 0 aliphatic heterocycles. The molecule has 0 amide bonds. The Morgan fingerprint density at radius 2 is 1.46 bits per heavy atom. The number of methoxy groups -OCH3 is 5. The maximum atomic E-state index is 14.0. The molecular formula is C38H37NO10S. The topological polar surface area (TPSA) is 125 Å². The molecule has 0 radical (unpaired) electrons. The van der Waals surface area contributed by atoms with Crippen LogP contribution in [0.5, 0.6) is 40.2 Å². The molecule has 0 N–H and O–H groups in total. The number of benzene rings is 3. The van der Waals surface area contributed by atoms with E-state index >= 15 is 0 Å². The number of hydrogen-bond acceptors (Lipinski definition) is 12. The second kappa shape index (κ2) is 16.6. The summed E-state index contributed by atoms with van der Waals surface area (Å²) in [6.45, 7) is 2.36. The van der Waals surface area contributed by atoms with Gasteiger partial charge in [0, 0.05) is 29.0 Å². The number of rotatable bonds is 16. The van der Waals surface area contributed by atoms with E-state index in [4.69, 9.17) is 37.6 Å². The van der Waals surface area contributed by atoms with Crippen LogP contribution in [0.3, 0.4) is 0 Å². The molecule has 0 aliphatic rings. The highest BCUT2D eigenvalue weighted by atomic mass is 32.1. The van der Waals surface area contributed by atoms with Gasteiger partial charge in [-0.05, 0) is 55.0 Å². The quantitative estimate of drug-likeness (QED) is 0.0755. The predicted molar refractivity (Wildman–Crippen MR) is 193 cm³/mol. The van der Waals surface area contributed by atoms with Crippen LogP contribution in [0.4, 0.5) is 0 Å². The molecule has 0 bridgehead atoms. The van der Waals surface area contributed by atoms with Crippen molar-refractivity contribution < 1.29 is 42.4 Å². The van der Waals surface area contributed by atoms with E-state index in [-0.39, 0.29) is 40.6 Å². The van der Waals surface area contributed by atoms with Crippen LogP contribution < -0.4 is 38.6 Å². The zero-order valence-electron chi connectivity index (χ0n) is 28.6. The third-order valence-corrected chi connectivity index (χ3v) is 8.48. The van der Waals surface area contributed by atoms with E-state index in [0.717, 1.165) is 16.1 Å². The molecule has 3 aromatic carbocycles. The van der Waals surface area contributed by atoms with Crippen molar-refractivity contribution in [3.05, 3.63) is 92.6 Å². The molecule has 5 rings (SSSR count). The molecule has 0 fully saturated rings. The molecule has 0 spiro atoms. The average Bonchev–Trinajstić information content (AvgIpc) is 3.56. The van der Waals surface area contributed by atoms with Gasteiger partial charge in [0.15, 0.2) is 23.0 Å². The minimum atomic E-state index is -0.424. The first-order valence-electron chi connectivity index (χ1n) is 15.5. The van der Waals surface area contributed by atoms with Gasteiger partial charge in [-0.1, -0.05) is 18.2 Å². The molecule has 5 aromatic rings. The molecule has 2 heterocycles. The van der Waals surface area contributed by atoms with Crippen LogP contribution in [0, 0.1) is 6.92 Å². The summed E-state index contributed by atoms with van der Waals surface area (Å²) in [6, 6.07) is 13.9. The first-order valence-corrected chi connectivity index (χ1v) is 16.4. The van der Waals surface area contributed by atoms with Gasteiger partial charge in [-0.15, -0.1) is 11.3 Å². The summed E-state index contributed by atoms with van der Waals surface area (Å²) < 4.78 is 45.8. The number of nitrogens with zero attached hydrogens (tertiary/aromatic N) is 1. The van der Waals surface area contributed by atoms with Crippen LogP contribution >= 0.6 is 11.3 Å². The summed E-state index contributed by atoms with van der Waals surface area (Å²) in [5.74, 6) is 2.54. The lowest BCUT2D eigenvalue weighted by atomic mass is 10.1. The van der Waals surface area contributed by atoms with Gasteiger partial charge in [0.25, 0.3) is 0 Å². The van der Waals surface area contributed by atoms with Crippen LogP contribution in [0.2, 0.25) is 0 Å². The fraction of sp³-hybridized carbons (Fsp3) is 0.237. The molecular weight excluding hydrogens is 662 g/mol. The Balaban J connectivity index is 1.30. The van der Waals surface area contributed by atoms with Crippen molar-refractivity contribution in [2.75, 3.05) is 48.8 Å². The van der Waals surface area contributed by atoms with E-state index in [9.17, 15) is 9.59 Å². The van der Waals surface area contributed by atoms with Crippen molar-refractivity contribution in [3.63, 3.8) is 0 Å². The second-order valence-corrected chi connectivity index (χ2v) is 11.6. The highest BCUT2D eigenvalue weighted by Crippen LogP contribution is 2.44. The minimum Gasteiger partial charge on any atom is -0.496 e. The highest BCUT2D eigenvalue weighted by molar-refractivity contribution is 7.10. The molecule has 0 atom stereocenters. The summed E-state index contributed by atoms with van der Waals surface area (Å²) in [4.78, 5) is 31.4. The lowest BCUT2D eigenvalue weighted by molar-refractivity contribution is -0.110. The summed E-state index contributed by atoms with van der Waals surface area (Å²) in [5.41, 5.74) is 3.79. The highest BCUT2D eigenvalue weighted by Gasteiger charge is 2.24. The Labute approximate surface area is 293 Å². The Bertz CT molecular complexity index is 2050. The van der Waals surface area contributed by atoms with Gasteiger partial charge in [-0.2, -0.15) is 0 Å². The van der Waals surface area contributed by atoms with Crippen LogP contribution in [0.15, 0.2) is 75.4 Å². The number of thiazole rings is 1. The zero-order valence-corrected chi connectivity index (χ0v) is 29.4. The second-order valence-electron chi connectivity index (χ2n) is 10.7. The van der Waals surface area contributed by atoms with Gasteiger partial charge in [0.05, 0.1) is 60.0 Å². The number of aromatic nitrogens is 1. The Morgan fingerprint density at radius 1 is 0.780 bits per heavy atom. The fourth-order valence-electron chi connectivity index (χ4n) is 5.02. The third-order valence-electron chi connectivity index (χ3n) is 7.58. The summed E-state index contributed by atoms with van der Waals surface area (Å²) >= 11 is 1.49. The summed E-state index contributed by atoms with van der Waals surface area (Å²) in [7, 11) is 7.48. The van der Waals surface area contributed by atoms with E-state index in [1.165, 1.54) is 59.0 Å². The maximum absolute atomic E-state index is 14.0. The molecule has 0 unspecified atom stereocenters. The van der Waals surface area contributed by atoms with Crippen LogP contribution in [-0.4, -0.2) is 59.5 Å². The van der Waals surface area contributed by atoms with Crippen molar-refractivity contribution in [1.82, 2.24) is 4.98 Å². The van der Waals surface area contributed by atoms with E-state index in [1.807, 2.05) is 31.2 Å². The van der Waals surface area contributed by atoms with Crippen LogP contribution in [0.1, 0.15) is 22.6 Å². The lowest BCUT2D eigenvalue weighted by Crippen LogP contribution is -2.13. The van der Waals surface area contributed by atoms with Crippen LogP contribution in [0.25, 0.3) is 34.4 Å². The van der Waals surface area contributed by atoms with Crippen molar-refractivity contribution >= 4 is 40.2 Å². The first kappa shape index (κ1) is 35.6. The zero-order chi connectivity index (χ0) is 35.6. The lowest BCUT2D eigenvalue weighted by Gasteiger charge is -2.17. The van der Waals surface area contributed by atoms with Crippen molar-refractivity contribution in [3.8, 4) is 51.6 Å². The van der Waals surface area contributed by atoms with E-state index < -0.39 is 5.43 Å². The van der Waals surface area contributed by atoms with Gasteiger partial charge in [-0.3, -0.25) is 9.59 Å². The van der Waals surface area contributed by atoms with Gasteiger partial charge < -0.3 is 37.6 Å². The minimum absolute atomic E-state index is 0.0158. The Hall–Kier alpha value is -5.75. The molecule has 11 nitrogen and oxygen atoms in total. The fourth-order valence-corrected chi connectivity index (χ4v) is 5.71. The number of carbonyl (C=O) groups is 1. The average molecular weight is 700 g/mol. The number of ether oxygens (including phenoxy) is 7. The van der Waals surface area contributed by atoms with Crippen molar-refractivity contribution in [2.45, 2.75) is 13.3 Å². The SMILES string of the molecule is COc1cc(OC)c2c(=O)c(OCCCOc3ccc(/C=C/C(=O)/C=C/c4scnc4C)cc3)c(-c3cc(OC)c(OC)c(OC)c3)oc2c1. The van der Waals surface area contributed by atoms with Gasteiger partial charge in [0.1, 0.15) is 28.2 Å².